The third kappa shape index (κ3) is 3.09. The number of rotatable bonds is 5. The summed E-state index contributed by atoms with van der Waals surface area (Å²) < 4.78 is 27.9. The number of amides is 1. The molecule has 0 N–H and O–H groups in total. The fourth-order valence-electron chi connectivity index (χ4n) is 4.14. The van der Waals surface area contributed by atoms with Crippen molar-refractivity contribution < 1.29 is 28.5 Å². The Morgan fingerprint density at radius 3 is 2.26 bits per heavy atom. The molecule has 3 aliphatic rings. The van der Waals surface area contributed by atoms with Gasteiger partial charge in [0, 0.05) is 6.54 Å². The van der Waals surface area contributed by atoms with Gasteiger partial charge < -0.3 is 28.6 Å². The van der Waals surface area contributed by atoms with Crippen molar-refractivity contribution in [2.75, 3.05) is 13.6 Å². The largest absolute Gasteiger partial charge is 0.478 e. The van der Waals surface area contributed by atoms with Crippen LogP contribution in [0.2, 0.25) is 0 Å². The maximum atomic E-state index is 13.1. The molecular formula is C24H19NO6. The molecule has 3 aliphatic heterocycles. The minimum atomic E-state index is -0.614. The van der Waals surface area contributed by atoms with E-state index in [9.17, 15) is 4.79 Å². The highest BCUT2D eigenvalue weighted by atomic mass is 16.7. The van der Waals surface area contributed by atoms with Gasteiger partial charge in [-0.15, -0.1) is 0 Å². The number of carbonyl (C=O) groups is 1. The molecule has 0 bridgehead atoms. The van der Waals surface area contributed by atoms with Crippen LogP contribution in [0.5, 0.6) is 28.7 Å². The van der Waals surface area contributed by atoms with Crippen LogP contribution < -0.4 is 23.7 Å². The maximum absolute atomic E-state index is 13.1. The molecule has 0 radical (unpaired) electrons. The van der Waals surface area contributed by atoms with Crippen LogP contribution in [0, 0.1) is 0 Å². The van der Waals surface area contributed by atoms with Crippen molar-refractivity contribution in [2.45, 2.75) is 18.7 Å². The monoisotopic (exact) mass is 417 g/mol. The average Bonchev–Trinajstić information content (AvgIpc) is 3.47. The summed E-state index contributed by atoms with van der Waals surface area (Å²) in [5.74, 6) is 3.40. The van der Waals surface area contributed by atoms with Gasteiger partial charge in [-0.1, -0.05) is 30.3 Å². The average molecular weight is 417 g/mol. The lowest BCUT2D eigenvalue weighted by molar-refractivity contribution is -0.165. The second kappa shape index (κ2) is 7.12. The molecule has 7 heteroatoms. The van der Waals surface area contributed by atoms with Crippen LogP contribution >= 0.6 is 0 Å². The van der Waals surface area contributed by atoms with Crippen LogP contribution in [-0.4, -0.2) is 30.5 Å². The van der Waals surface area contributed by atoms with E-state index >= 15 is 0 Å². The summed E-state index contributed by atoms with van der Waals surface area (Å²) in [6.45, 7) is 0.852. The van der Waals surface area contributed by atoms with Crippen molar-refractivity contribution in [3.63, 3.8) is 0 Å². The molecule has 0 spiro atoms. The van der Waals surface area contributed by atoms with E-state index in [1.165, 1.54) is 0 Å². The molecule has 1 fully saturated rings. The Labute approximate surface area is 178 Å². The number of carbonyl (C=O) groups excluding carboxylic acids is 1. The van der Waals surface area contributed by atoms with Crippen LogP contribution in [0.15, 0.2) is 66.7 Å². The van der Waals surface area contributed by atoms with E-state index < -0.39 is 6.10 Å². The summed E-state index contributed by atoms with van der Waals surface area (Å²) in [6.07, 6.45) is -0.614. The van der Waals surface area contributed by atoms with E-state index in [-0.39, 0.29) is 25.5 Å². The number of likely N-dealkylation sites (tertiary alicyclic amines) is 1. The SMILES string of the molecule is O=C1C(Oc2ccccc2)C(c2ccc3c(c2)OCO3)N1Cc1ccc2c(c1)OCO2. The lowest BCUT2D eigenvalue weighted by Crippen LogP contribution is -2.60. The zero-order valence-electron chi connectivity index (χ0n) is 16.5. The Balaban J connectivity index is 1.31. The minimum absolute atomic E-state index is 0.0656. The van der Waals surface area contributed by atoms with Crippen molar-refractivity contribution in [3.8, 4) is 28.7 Å². The van der Waals surface area contributed by atoms with Crippen molar-refractivity contribution >= 4 is 5.91 Å². The predicted octanol–water partition coefficient (Wildman–Crippen LogP) is 3.68. The summed E-state index contributed by atoms with van der Waals surface area (Å²) in [5.41, 5.74) is 1.90. The number of benzene rings is 3. The number of ether oxygens (including phenoxy) is 5. The van der Waals surface area contributed by atoms with Crippen LogP contribution in [0.25, 0.3) is 0 Å². The van der Waals surface area contributed by atoms with Gasteiger partial charge in [-0.2, -0.15) is 0 Å². The first-order valence-corrected chi connectivity index (χ1v) is 10.1. The first kappa shape index (κ1) is 17.9. The van der Waals surface area contributed by atoms with Crippen LogP contribution in [0.4, 0.5) is 0 Å². The number of nitrogens with zero attached hydrogens (tertiary/aromatic N) is 1. The molecule has 2 atom stereocenters. The second-order valence-electron chi connectivity index (χ2n) is 7.56. The van der Waals surface area contributed by atoms with Crippen molar-refractivity contribution in [1.29, 1.82) is 0 Å². The predicted molar refractivity (Wildman–Crippen MR) is 109 cm³/mol. The quantitative estimate of drug-likeness (QED) is 0.590. The van der Waals surface area contributed by atoms with E-state index in [0.717, 1.165) is 16.9 Å². The molecule has 0 aromatic heterocycles. The van der Waals surface area contributed by atoms with Crippen molar-refractivity contribution in [2.24, 2.45) is 0 Å². The summed E-state index contributed by atoms with van der Waals surface area (Å²) in [5, 5.41) is 0. The topological polar surface area (TPSA) is 66.5 Å². The van der Waals surface area contributed by atoms with Gasteiger partial charge in [0.2, 0.25) is 19.7 Å². The maximum Gasteiger partial charge on any atom is 0.267 e. The van der Waals surface area contributed by atoms with Gasteiger partial charge in [-0.05, 0) is 47.5 Å². The first-order valence-electron chi connectivity index (χ1n) is 10.1. The molecule has 3 aromatic rings. The highest BCUT2D eigenvalue weighted by Crippen LogP contribution is 2.43. The zero-order valence-corrected chi connectivity index (χ0v) is 16.5. The van der Waals surface area contributed by atoms with Crippen LogP contribution in [0.1, 0.15) is 17.2 Å². The molecule has 3 aromatic carbocycles. The van der Waals surface area contributed by atoms with E-state index in [1.54, 1.807) is 0 Å². The third-order valence-electron chi connectivity index (χ3n) is 5.68. The van der Waals surface area contributed by atoms with E-state index in [0.29, 0.717) is 29.5 Å². The Hall–Kier alpha value is -3.87. The standard InChI is InChI=1S/C24H19NO6/c26-24-23(31-17-4-2-1-3-5-17)22(16-7-9-19-21(11-16)30-14-28-19)25(24)12-15-6-8-18-20(10-15)29-13-27-18/h1-11,22-23H,12-14H2. The van der Waals surface area contributed by atoms with Crippen molar-refractivity contribution in [3.05, 3.63) is 77.9 Å². The van der Waals surface area contributed by atoms with Gasteiger partial charge >= 0.3 is 0 Å². The lowest BCUT2D eigenvalue weighted by atomic mass is 9.89. The summed E-state index contributed by atoms with van der Waals surface area (Å²) >= 11 is 0. The first-order chi connectivity index (χ1) is 15.3. The molecule has 0 saturated carbocycles. The summed E-state index contributed by atoms with van der Waals surface area (Å²) in [6, 6.07) is 20.6. The Morgan fingerprint density at radius 2 is 1.48 bits per heavy atom. The van der Waals surface area contributed by atoms with Crippen LogP contribution in [0.3, 0.4) is 0 Å². The number of fused-ring (bicyclic) bond motifs is 2. The van der Waals surface area contributed by atoms with Gasteiger partial charge in [0.05, 0.1) is 0 Å². The summed E-state index contributed by atoms with van der Waals surface area (Å²) in [7, 11) is 0. The molecule has 1 saturated heterocycles. The Morgan fingerprint density at radius 1 is 0.806 bits per heavy atom. The highest BCUT2D eigenvalue weighted by Gasteiger charge is 2.50. The van der Waals surface area contributed by atoms with Crippen molar-refractivity contribution in [1.82, 2.24) is 4.90 Å². The third-order valence-corrected chi connectivity index (χ3v) is 5.68. The molecule has 156 valence electrons. The van der Waals surface area contributed by atoms with Gasteiger partial charge in [-0.25, -0.2) is 0 Å². The smallest absolute Gasteiger partial charge is 0.267 e. The number of β-lactam (4-membered cyclic amide) rings is 1. The molecule has 1 amide bonds. The van der Waals surface area contributed by atoms with Gasteiger partial charge in [0.25, 0.3) is 5.91 Å². The fraction of sp³-hybridized carbons (Fsp3) is 0.208. The molecule has 0 aliphatic carbocycles. The Kier molecular flexibility index (Phi) is 4.12. The van der Waals surface area contributed by atoms with Gasteiger partial charge in [0.15, 0.2) is 23.0 Å². The molecule has 6 rings (SSSR count). The molecule has 2 unspecified atom stereocenters. The van der Waals surface area contributed by atoms with Gasteiger partial charge in [-0.3, -0.25) is 4.79 Å². The lowest BCUT2D eigenvalue weighted by Gasteiger charge is -2.46. The van der Waals surface area contributed by atoms with E-state index in [1.807, 2.05) is 71.6 Å². The Bertz CT molecular complexity index is 1150. The number of para-hydroxylation sites is 1. The van der Waals surface area contributed by atoms with Gasteiger partial charge in [0.1, 0.15) is 11.8 Å². The zero-order chi connectivity index (χ0) is 20.8. The fourth-order valence-corrected chi connectivity index (χ4v) is 4.14. The molecule has 3 heterocycles. The van der Waals surface area contributed by atoms with E-state index in [4.69, 9.17) is 23.7 Å². The highest BCUT2D eigenvalue weighted by molar-refractivity contribution is 5.89. The number of hydrogen-bond donors (Lipinski definition) is 0. The van der Waals surface area contributed by atoms with E-state index in [2.05, 4.69) is 0 Å². The number of hydrogen-bond acceptors (Lipinski definition) is 6. The molecule has 31 heavy (non-hydrogen) atoms. The molecule has 7 nitrogen and oxygen atoms in total. The minimum Gasteiger partial charge on any atom is -0.478 e. The molecular weight excluding hydrogens is 398 g/mol. The second-order valence-corrected chi connectivity index (χ2v) is 7.56. The normalized spacial score (nSPS) is 20.5. The summed E-state index contributed by atoms with van der Waals surface area (Å²) in [4.78, 5) is 14.9. The van der Waals surface area contributed by atoms with Crippen LogP contribution in [-0.2, 0) is 11.3 Å².